The largest absolute Gasteiger partial charge is 0.443 e. The second kappa shape index (κ2) is 8.56. The molecule has 0 aromatic rings. The minimum atomic E-state index is -2.97. The molecule has 0 unspecified atom stereocenters. The SMILES string of the molecule is CSC(=N)N(C(=O)OCC(F)F)C(=O)OCC(F)F. The van der Waals surface area contributed by atoms with E-state index in [1.54, 1.807) is 0 Å². The van der Waals surface area contributed by atoms with Crippen molar-refractivity contribution in [2.75, 3.05) is 19.5 Å². The molecular formula is C8H10F4N2O4S. The third kappa shape index (κ3) is 6.84. The molecule has 6 nitrogen and oxygen atoms in total. The molecular weight excluding hydrogens is 296 g/mol. The van der Waals surface area contributed by atoms with E-state index in [9.17, 15) is 27.2 Å². The van der Waals surface area contributed by atoms with E-state index in [2.05, 4.69) is 9.47 Å². The van der Waals surface area contributed by atoms with E-state index in [1.807, 2.05) is 0 Å². The fourth-order valence-corrected chi connectivity index (χ4v) is 1.06. The Balaban J connectivity index is 4.66. The molecule has 11 heteroatoms. The van der Waals surface area contributed by atoms with Crippen molar-refractivity contribution >= 4 is 29.1 Å². The molecule has 110 valence electrons. The molecule has 19 heavy (non-hydrogen) atoms. The summed E-state index contributed by atoms with van der Waals surface area (Å²) >= 11 is 0.591. The summed E-state index contributed by atoms with van der Waals surface area (Å²) in [6, 6.07) is 0. The maximum atomic E-state index is 11.8. The predicted molar refractivity (Wildman–Crippen MR) is 57.8 cm³/mol. The minimum absolute atomic E-state index is 0.0601. The lowest BCUT2D eigenvalue weighted by molar-refractivity contribution is 0.0246. The summed E-state index contributed by atoms with van der Waals surface area (Å²) in [6.45, 7) is -2.59. The van der Waals surface area contributed by atoms with Crippen LogP contribution in [0.15, 0.2) is 0 Å². The van der Waals surface area contributed by atoms with E-state index in [0.717, 1.165) is 0 Å². The summed E-state index contributed by atoms with van der Waals surface area (Å²) in [5, 5.41) is 6.53. The third-order valence-corrected chi connectivity index (χ3v) is 2.00. The van der Waals surface area contributed by atoms with Gasteiger partial charge in [-0.2, -0.15) is 4.90 Å². The van der Waals surface area contributed by atoms with Crippen molar-refractivity contribution in [3.8, 4) is 0 Å². The number of nitrogens with zero attached hydrogens (tertiary/aromatic N) is 1. The quantitative estimate of drug-likeness (QED) is 0.490. The highest BCUT2D eigenvalue weighted by Crippen LogP contribution is 2.09. The normalized spacial score (nSPS) is 10.5. The van der Waals surface area contributed by atoms with E-state index in [4.69, 9.17) is 5.41 Å². The van der Waals surface area contributed by atoms with Crippen LogP contribution < -0.4 is 0 Å². The summed E-state index contributed by atoms with van der Waals surface area (Å²) < 4.78 is 55.3. The van der Waals surface area contributed by atoms with Gasteiger partial charge in [-0.3, -0.25) is 5.41 Å². The van der Waals surface area contributed by atoms with Crippen molar-refractivity contribution in [1.82, 2.24) is 4.90 Å². The van der Waals surface area contributed by atoms with E-state index in [0.29, 0.717) is 11.8 Å². The molecule has 0 spiro atoms. The van der Waals surface area contributed by atoms with Gasteiger partial charge in [0.15, 0.2) is 18.4 Å². The van der Waals surface area contributed by atoms with E-state index in [1.165, 1.54) is 6.26 Å². The van der Waals surface area contributed by atoms with Gasteiger partial charge in [-0.1, -0.05) is 11.8 Å². The Morgan fingerprint density at radius 3 is 1.74 bits per heavy atom. The van der Waals surface area contributed by atoms with Gasteiger partial charge < -0.3 is 9.47 Å². The number of halogens is 4. The highest BCUT2D eigenvalue weighted by Gasteiger charge is 2.30. The monoisotopic (exact) mass is 306 g/mol. The van der Waals surface area contributed by atoms with Crippen LogP contribution in [-0.2, 0) is 9.47 Å². The summed E-state index contributed by atoms with van der Waals surface area (Å²) in [5.41, 5.74) is 0. The number of rotatable bonds is 4. The molecule has 0 aromatic carbocycles. The fourth-order valence-electron chi connectivity index (χ4n) is 0.729. The van der Waals surface area contributed by atoms with Crippen molar-refractivity contribution < 1.29 is 36.6 Å². The van der Waals surface area contributed by atoms with E-state index >= 15 is 0 Å². The van der Waals surface area contributed by atoms with Crippen molar-refractivity contribution in [2.24, 2.45) is 0 Å². The molecule has 0 bridgehead atoms. The minimum Gasteiger partial charge on any atom is -0.443 e. The van der Waals surface area contributed by atoms with Crippen molar-refractivity contribution in [3.05, 3.63) is 0 Å². The van der Waals surface area contributed by atoms with Gasteiger partial charge in [-0.15, -0.1) is 0 Å². The molecule has 0 aliphatic rings. The molecule has 0 heterocycles. The van der Waals surface area contributed by atoms with Crippen molar-refractivity contribution in [3.63, 3.8) is 0 Å². The molecule has 0 atom stereocenters. The van der Waals surface area contributed by atoms with Gasteiger partial charge in [0, 0.05) is 0 Å². The molecule has 0 fully saturated rings. The second-order valence-electron chi connectivity index (χ2n) is 2.78. The first-order chi connectivity index (χ1) is 8.79. The zero-order valence-corrected chi connectivity index (χ0v) is 10.4. The zero-order valence-electron chi connectivity index (χ0n) is 9.57. The first-order valence-corrected chi connectivity index (χ1v) is 5.84. The molecule has 0 aliphatic carbocycles. The zero-order chi connectivity index (χ0) is 15.0. The van der Waals surface area contributed by atoms with Gasteiger partial charge in [-0.25, -0.2) is 27.2 Å². The molecule has 2 amide bonds. The topological polar surface area (TPSA) is 79.7 Å². The van der Waals surface area contributed by atoms with E-state index in [-0.39, 0.29) is 4.90 Å². The molecule has 0 aromatic heterocycles. The van der Waals surface area contributed by atoms with Crippen molar-refractivity contribution in [2.45, 2.75) is 12.9 Å². The maximum Gasteiger partial charge on any atom is 0.425 e. The summed E-state index contributed by atoms with van der Waals surface area (Å²) in [4.78, 5) is 22.5. The predicted octanol–water partition coefficient (Wildman–Crippen LogP) is 2.39. The van der Waals surface area contributed by atoms with Gasteiger partial charge in [0.25, 0.3) is 12.9 Å². The number of hydrogen-bond acceptors (Lipinski definition) is 6. The number of imide groups is 1. The van der Waals surface area contributed by atoms with Gasteiger partial charge in [0.1, 0.15) is 0 Å². The first-order valence-electron chi connectivity index (χ1n) is 4.62. The molecule has 0 saturated heterocycles. The Hall–Kier alpha value is -1.52. The fraction of sp³-hybridized carbons (Fsp3) is 0.625. The number of hydrogen-bond donors (Lipinski definition) is 1. The van der Waals surface area contributed by atoms with Gasteiger partial charge in [-0.05, 0) is 6.26 Å². The Morgan fingerprint density at radius 1 is 1.11 bits per heavy atom. The van der Waals surface area contributed by atoms with Gasteiger partial charge in [0.2, 0.25) is 0 Å². The summed E-state index contributed by atoms with van der Waals surface area (Å²) in [5.74, 6) is 0. The maximum absolute atomic E-state index is 11.8. The van der Waals surface area contributed by atoms with Crippen molar-refractivity contribution in [1.29, 1.82) is 5.41 Å². The molecule has 0 radical (unpaired) electrons. The standard InChI is InChI=1S/C8H10F4N2O4S/c1-19-6(13)14(7(15)17-2-4(9)10)8(16)18-3-5(11)12/h4-5,13H,2-3H2,1H3. The first kappa shape index (κ1) is 17.5. The van der Waals surface area contributed by atoms with Gasteiger partial charge in [0.05, 0.1) is 0 Å². The van der Waals surface area contributed by atoms with Crippen LogP contribution in [0.4, 0.5) is 27.2 Å². The average Bonchev–Trinajstić information content (AvgIpc) is 2.33. The number of nitrogens with one attached hydrogen (secondary N) is 1. The van der Waals surface area contributed by atoms with Crippen LogP contribution in [0, 0.1) is 5.41 Å². The van der Waals surface area contributed by atoms with Crippen LogP contribution in [0.2, 0.25) is 0 Å². The van der Waals surface area contributed by atoms with Crippen LogP contribution in [0.5, 0.6) is 0 Å². The smallest absolute Gasteiger partial charge is 0.425 e. The lowest BCUT2D eigenvalue weighted by Crippen LogP contribution is -2.41. The van der Waals surface area contributed by atoms with Crippen LogP contribution in [-0.4, -0.2) is 54.6 Å². The lowest BCUT2D eigenvalue weighted by atomic mass is 10.7. The number of carbonyl (C=O) groups excluding carboxylic acids is 2. The van der Waals surface area contributed by atoms with Crippen LogP contribution >= 0.6 is 11.8 Å². The average molecular weight is 306 g/mol. The Labute approximate surface area is 109 Å². The Kier molecular flexibility index (Phi) is 7.87. The third-order valence-electron chi connectivity index (χ3n) is 1.43. The number of ether oxygens (including phenoxy) is 2. The van der Waals surface area contributed by atoms with Crippen LogP contribution in [0.1, 0.15) is 0 Å². The number of amidine groups is 1. The number of alkyl halides is 4. The second-order valence-corrected chi connectivity index (χ2v) is 3.58. The molecule has 0 saturated carbocycles. The van der Waals surface area contributed by atoms with Gasteiger partial charge >= 0.3 is 12.2 Å². The molecule has 1 N–H and O–H groups in total. The summed E-state index contributed by atoms with van der Waals surface area (Å²) in [6.07, 6.45) is -7.83. The lowest BCUT2D eigenvalue weighted by Gasteiger charge is -2.18. The van der Waals surface area contributed by atoms with Crippen LogP contribution in [0.3, 0.4) is 0 Å². The Bertz CT molecular complexity index is 319. The van der Waals surface area contributed by atoms with E-state index < -0.39 is 43.4 Å². The highest BCUT2D eigenvalue weighted by atomic mass is 32.2. The Morgan fingerprint density at radius 2 is 1.47 bits per heavy atom. The molecule has 0 aliphatic heterocycles. The number of amides is 2. The number of carbonyl (C=O) groups is 2. The summed E-state index contributed by atoms with van der Waals surface area (Å²) in [7, 11) is 0. The number of thioether (sulfide) groups is 1. The molecule has 0 rings (SSSR count). The van der Waals surface area contributed by atoms with Crippen LogP contribution in [0.25, 0.3) is 0 Å². The highest BCUT2D eigenvalue weighted by molar-refractivity contribution is 8.13.